The average molecular weight is 598 g/mol. The van der Waals surface area contributed by atoms with E-state index < -0.39 is 0 Å². The van der Waals surface area contributed by atoms with Crippen LogP contribution < -0.4 is 0 Å². The predicted octanol–water partition coefficient (Wildman–Crippen LogP) is 4.60. The zero-order valence-electron chi connectivity index (χ0n) is 16.3. The Hall–Kier alpha value is -1.57. The first-order valence-corrected chi connectivity index (χ1v) is 9.56. The summed E-state index contributed by atoms with van der Waals surface area (Å²) in [6.45, 7) is 11.2. The molecule has 2 heterocycles. The molecule has 3 aromatic rings. The van der Waals surface area contributed by atoms with Gasteiger partial charge in [0, 0.05) is 43.3 Å². The zero-order valence-corrected chi connectivity index (χ0v) is 20.5. The normalized spacial score (nSPS) is 13.5. The summed E-state index contributed by atoms with van der Waals surface area (Å²) in [6, 6.07) is 14.9. The molecular weight excluding hydrogens is 572 g/mol. The number of benzene rings is 2. The van der Waals surface area contributed by atoms with Crippen LogP contribution in [0.15, 0.2) is 42.5 Å². The molecule has 28 heavy (non-hydrogen) atoms. The van der Waals surface area contributed by atoms with Gasteiger partial charge in [-0.1, -0.05) is 42.5 Å². The second kappa shape index (κ2) is 8.84. The maximum Gasteiger partial charge on any atom is 2.00 e. The first-order chi connectivity index (χ1) is 13.1. The first-order valence-electron chi connectivity index (χ1n) is 9.56. The summed E-state index contributed by atoms with van der Waals surface area (Å²) in [6.07, 6.45) is 2.33. The number of aromatic nitrogens is 2. The summed E-state index contributed by atoms with van der Waals surface area (Å²) in [5, 5.41) is 7.43. The van der Waals surface area contributed by atoms with Crippen LogP contribution in [0.5, 0.6) is 0 Å². The van der Waals surface area contributed by atoms with Gasteiger partial charge in [-0.25, -0.2) is 0 Å². The Kier molecular flexibility index (Phi) is 6.68. The van der Waals surface area contributed by atoms with Crippen LogP contribution in [-0.4, -0.2) is 27.1 Å². The standard InChI is InChI=1S/C23H25N3O.U/c1-4-18(5-2)26-22-13-14-25(16(3)27)15-21(22)23(24-26)20-12-8-10-17-9-6-7-11-19(17)20;/h6-12,18H,1-2,4-5,13-15H2,3H3;/q-2;+2. The quantitative estimate of drug-likeness (QED) is 0.413. The van der Waals surface area contributed by atoms with Crippen LogP contribution in [0.1, 0.15) is 37.1 Å². The second-order valence-corrected chi connectivity index (χ2v) is 7.17. The second-order valence-electron chi connectivity index (χ2n) is 7.17. The summed E-state index contributed by atoms with van der Waals surface area (Å²) < 4.78 is 2.13. The van der Waals surface area contributed by atoms with Gasteiger partial charge in [-0.3, -0.25) is 9.48 Å². The van der Waals surface area contributed by atoms with Crippen LogP contribution in [0, 0.1) is 45.0 Å². The molecule has 142 valence electrons. The fourth-order valence-corrected chi connectivity index (χ4v) is 4.05. The van der Waals surface area contributed by atoms with E-state index in [2.05, 4.69) is 61.0 Å². The largest absolute Gasteiger partial charge is 2.00 e. The van der Waals surface area contributed by atoms with Crippen LogP contribution in [0.2, 0.25) is 0 Å². The third kappa shape index (κ3) is 3.67. The van der Waals surface area contributed by atoms with Crippen molar-refractivity contribution in [1.29, 1.82) is 0 Å². The molecule has 5 heteroatoms. The predicted molar refractivity (Wildman–Crippen MR) is 109 cm³/mol. The molecule has 1 aliphatic heterocycles. The van der Waals surface area contributed by atoms with Crippen LogP contribution in [0.4, 0.5) is 0 Å². The van der Waals surface area contributed by atoms with E-state index in [1.807, 2.05) is 4.90 Å². The maximum absolute atomic E-state index is 12.0. The number of hydrogen-bond donors (Lipinski definition) is 0. The molecule has 4 rings (SSSR count). The van der Waals surface area contributed by atoms with Crippen molar-refractivity contribution in [3.8, 4) is 11.3 Å². The number of carbonyl (C=O) groups excluding carboxylic acids is 1. The van der Waals surface area contributed by atoms with Crippen molar-refractivity contribution in [3.05, 3.63) is 67.6 Å². The smallest absolute Gasteiger partial charge is 0.341 e. The van der Waals surface area contributed by atoms with Crippen molar-refractivity contribution in [2.75, 3.05) is 6.54 Å². The van der Waals surface area contributed by atoms with Crippen molar-refractivity contribution in [2.45, 2.75) is 38.8 Å². The van der Waals surface area contributed by atoms with Gasteiger partial charge in [0.25, 0.3) is 0 Å². The van der Waals surface area contributed by atoms with Gasteiger partial charge in [0.2, 0.25) is 5.91 Å². The van der Waals surface area contributed by atoms with Gasteiger partial charge in [0.1, 0.15) is 0 Å². The molecule has 0 saturated heterocycles. The third-order valence-electron chi connectivity index (χ3n) is 5.59. The van der Waals surface area contributed by atoms with Gasteiger partial charge in [-0.2, -0.15) is 17.9 Å². The SMILES string of the molecule is [CH2-]CC(C[CH2-])n1nc(-c2cccc3ccccc23)c2c1CCN(C(C)=O)C2.[U+2]. The van der Waals surface area contributed by atoms with Gasteiger partial charge in [0.05, 0.1) is 5.69 Å². The first kappa shape index (κ1) is 21.1. The number of amides is 1. The van der Waals surface area contributed by atoms with Gasteiger partial charge >= 0.3 is 31.1 Å². The Bertz CT molecular complexity index is 985. The molecule has 0 atom stereocenters. The molecule has 0 saturated carbocycles. The summed E-state index contributed by atoms with van der Waals surface area (Å²) >= 11 is 0. The monoisotopic (exact) mass is 597 g/mol. The molecule has 0 unspecified atom stereocenters. The van der Waals surface area contributed by atoms with Crippen LogP contribution in [-0.2, 0) is 17.8 Å². The molecule has 1 aliphatic rings. The van der Waals surface area contributed by atoms with Gasteiger partial charge in [-0.05, 0) is 16.8 Å². The average Bonchev–Trinajstić information content (AvgIpc) is 3.07. The van der Waals surface area contributed by atoms with Gasteiger partial charge in [0.15, 0.2) is 0 Å². The number of fused-ring (bicyclic) bond motifs is 2. The van der Waals surface area contributed by atoms with E-state index in [9.17, 15) is 4.79 Å². The zero-order chi connectivity index (χ0) is 19.0. The van der Waals surface area contributed by atoms with Gasteiger partial charge < -0.3 is 18.7 Å². The molecule has 0 aliphatic carbocycles. The van der Waals surface area contributed by atoms with Crippen LogP contribution in [0.3, 0.4) is 0 Å². The molecule has 0 spiro atoms. The van der Waals surface area contributed by atoms with Gasteiger partial charge in [-0.15, -0.1) is 0 Å². The minimum Gasteiger partial charge on any atom is -0.341 e. The van der Waals surface area contributed by atoms with E-state index >= 15 is 0 Å². The fraction of sp³-hybridized carbons (Fsp3) is 0.304. The maximum atomic E-state index is 12.0. The minimum atomic E-state index is 0. The van der Waals surface area contributed by atoms with Crippen molar-refractivity contribution >= 4 is 16.7 Å². The van der Waals surface area contributed by atoms with Crippen molar-refractivity contribution in [3.63, 3.8) is 0 Å². The van der Waals surface area contributed by atoms with E-state index in [1.165, 1.54) is 22.0 Å². The number of carbonyl (C=O) groups is 1. The Morgan fingerprint density at radius 3 is 2.57 bits per heavy atom. The topological polar surface area (TPSA) is 38.1 Å². The molecular formula is C23H25N3OU. The summed E-state index contributed by atoms with van der Waals surface area (Å²) in [7, 11) is 0. The molecule has 2 aromatic carbocycles. The summed E-state index contributed by atoms with van der Waals surface area (Å²) in [4.78, 5) is 13.9. The molecule has 0 N–H and O–H groups in total. The molecule has 0 bridgehead atoms. The van der Waals surface area contributed by atoms with E-state index in [0.717, 1.165) is 37.1 Å². The Balaban J connectivity index is 0.00000225. The third-order valence-corrected chi connectivity index (χ3v) is 5.59. The van der Waals surface area contributed by atoms with E-state index in [1.54, 1.807) is 6.92 Å². The summed E-state index contributed by atoms with van der Waals surface area (Å²) in [5.41, 5.74) is 4.51. The van der Waals surface area contributed by atoms with Crippen molar-refractivity contribution in [2.24, 2.45) is 0 Å². The Morgan fingerprint density at radius 1 is 1.14 bits per heavy atom. The van der Waals surface area contributed by atoms with Crippen molar-refractivity contribution < 1.29 is 35.9 Å². The number of nitrogens with zero attached hydrogens (tertiary/aromatic N) is 3. The molecule has 0 radical (unpaired) electrons. The molecule has 1 aromatic heterocycles. The minimum absolute atomic E-state index is 0. The molecule has 4 nitrogen and oxygen atoms in total. The van der Waals surface area contributed by atoms with Crippen molar-refractivity contribution in [1.82, 2.24) is 14.7 Å². The van der Waals surface area contributed by atoms with E-state index in [-0.39, 0.29) is 43.1 Å². The molecule has 1 amide bonds. The molecule has 0 fully saturated rings. The van der Waals surface area contributed by atoms with E-state index in [0.29, 0.717) is 6.54 Å². The Morgan fingerprint density at radius 2 is 1.86 bits per heavy atom. The van der Waals surface area contributed by atoms with Crippen LogP contribution >= 0.6 is 0 Å². The fourth-order valence-electron chi connectivity index (χ4n) is 4.05. The Labute approximate surface area is 190 Å². The summed E-state index contributed by atoms with van der Waals surface area (Å²) in [5.74, 6) is 0.114. The van der Waals surface area contributed by atoms with E-state index in [4.69, 9.17) is 5.10 Å². The number of hydrogen-bond acceptors (Lipinski definition) is 2. The van der Waals surface area contributed by atoms with Crippen LogP contribution in [0.25, 0.3) is 22.0 Å². The number of rotatable bonds is 4.